The van der Waals surface area contributed by atoms with E-state index >= 15 is 0 Å². The Morgan fingerprint density at radius 3 is 1.41 bits per heavy atom. The summed E-state index contributed by atoms with van der Waals surface area (Å²) in [5.74, 6) is -0.258. The van der Waals surface area contributed by atoms with Crippen LogP contribution in [-0.2, 0) is 0 Å². The van der Waals surface area contributed by atoms with Crippen LogP contribution < -0.4 is 0 Å². The average Bonchev–Trinajstić information content (AvgIpc) is 2.56. The van der Waals surface area contributed by atoms with Gasteiger partial charge in [-0.1, -0.05) is 60.7 Å². The summed E-state index contributed by atoms with van der Waals surface area (Å²) in [5, 5.41) is 23.5. The van der Waals surface area contributed by atoms with Crippen LogP contribution in [0.3, 0.4) is 0 Å². The van der Waals surface area contributed by atoms with Crippen LogP contribution in [0.4, 0.5) is 0 Å². The van der Waals surface area contributed by atoms with Crippen LogP contribution in [0.2, 0.25) is 0 Å². The van der Waals surface area contributed by atoms with Crippen molar-refractivity contribution < 1.29 is 10.2 Å². The molecule has 3 aliphatic carbocycles. The lowest BCUT2D eigenvalue weighted by Crippen LogP contribution is -2.47. The van der Waals surface area contributed by atoms with Crippen molar-refractivity contribution in [2.24, 2.45) is 0 Å². The minimum atomic E-state index is -0.728. The van der Waals surface area contributed by atoms with E-state index in [2.05, 4.69) is 36.4 Å². The fourth-order valence-corrected chi connectivity index (χ4v) is 4.36. The van der Waals surface area contributed by atoms with Crippen LogP contribution >= 0.6 is 0 Å². The standard InChI is InChI=1S/C20H16O2/c21-19-17-13-7-3-4-8-14(13)18(20(19)22)16-10-12-6-2-1-5-11(12)9-15(16)17/h1-10,17-22H/t17-,18-,19+,20+/m0/s1. The van der Waals surface area contributed by atoms with E-state index in [0.29, 0.717) is 0 Å². The zero-order valence-electron chi connectivity index (χ0n) is 12.0. The molecule has 0 unspecified atom stereocenters. The SMILES string of the molecule is O[C@@H]1[C@H]2c3ccccc3[C@@H](c3cc4ccccc4cc32)[C@H]1O. The summed E-state index contributed by atoms with van der Waals surface area (Å²) in [6, 6.07) is 20.9. The second-order valence-corrected chi connectivity index (χ2v) is 6.39. The van der Waals surface area contributed by atoms with Crippen molar-refractivity contribution in [1.82, 2.24) is 0 Å². The number of rotatable bonds is 0. The maximum Gasteiger partial charge on any atom is 0.0917 e. The molecule has 0 aliphatic heterocycles. The van der Waals surface area contributed by atoms with Crippen LogP contribution in [0.25, 0.3) is 10.8 Å². The van der Waals surface area contributed by atoms with Gasteiger partial charge >= 0.3 is 0 Å². The molecular weight excluding hydrogens is 272 g/mol. The number of hydrogen-bond acceptors (Lipinski definition) is 2. The van der Waals surface area contributed by atoms with Gasteiger partial charge in [-0.15, -0.1) is 0 Å². The van der Waals surface area contributed by atoms with E-state index in [9.17, 15) is 10.2 Å². The van der Waals surface area contributed by atoms with Crippen LogP contribution in [0.5, 0.6) is 0 Å². The van der Waals surface area contributed by atoms with Gasteiger partial charge in [0, 0.05) is 11.8 Å². The minimum Gasteiger partial charge on any atom is -0.389 e. The van der Waals surface area contributed by atoms with Crippen molar-refractivity contribution in [1.29, 1.82) is 0 Å². The number of hydrogen-bond donors (Lipinski definition) is 2. The summed E-state index contributed by atoms with van der Waals surface area (Å²) in [6.07, 6.45) is -1.46. The number of aliphatic hydroxyl groups excluding tert-OH is 2. The maximum atomic E-state index is 10.6. The van der Waals surface area contributed by atoms with E-state index < -0.39 is 12.2 Å². The van der Waals surface area contributed by atoms with Gasteiger partial charge in [-0.3, -0.25) is 0 Å². The molecule has 2 N–H and O–H groups in total. The smallest absolute Gasteiger partial charge is 0.0917 e. The zero-order valence-corrected chi connectivity index (χ0v) is 12.0. The summed E-state index contributed by atoms with van der Waals surface area (Å²) in [7, 11) is 0. The predicted molar refractivity (Wildman–Crippen MR) is 86.1 cm³/mol. The van der Waals surface area contributed by atoms with Crippen LogP contribution in [0.15, 0.2) is 60.7 Å². The number of benzene rings is 3. The van der Waals surface area contributed by atoms with Crippen LogP contribution in [0, 0.1) is 0 Å². The first-order chi connectivity index (χ1) is 10.8. The highest BCUT2D eigenvalue weighted by molar-refractivity contribution is 5.85. The van der Waals surface area contributed by atoms with Gasteiger partial charge < -0.3 is 10.2 Å². The Morgan fingerprint density at radius 1 is 0.545 bits per heavy atom. The summed E-state index contributed by atoms with van der Waals surface area (Å²) >= 11 is 0. The van der Waals surface area contributed by atoms with E-state index in [1.165, 1.54) is 21.9 Å². The van der Waals surface area contributed by atoms with Gasteiger partial charge in [0.25, 0.3) is 0 Å². The Hall–Kier alpha value is -2.16. The van der Waals surface area contributed by atoms with Crippen molar-refractivity contribution in [2.45, 2.75) is 24.0 Å². The first-order valence-electron chi connectivity index (χ1n) is 7.73. The van der Waals surface area contributed by atoms with Crippen molar-refractivity contribution in [2.75, 3.05) is 0 Å². The Labute approximate surface area is 128 Å². The van der Waals surface area contributed by atoms with E-state index in [-0.39, 0.29) is 11.8 Å². The average molecular weight is 288 g/mol. The van der Waals surface area contributed by atoms with E-state index in [0.717, 1.165) is 11.1 Å². The fraction of sp³-hybridized carbons (Fsp3) is 0.200. The molecule has 0 spiro atoms. The topological polar surface area (TPSA) is 40.5 Å². The molecule has 0 amide bonds. The molecule has 3 aromatic carbocycles. The molecule has 0 aromatic heterocycles. The van der Waals surface area contributed by atoms with Gasteiger partial charge in [0.15, 0.2) is 0 Å². The molecule has 3 aromatic rings. The third kappa shape index (κ3) is 1.41. The molecule has 22 heavy (non-hydrogen) atoms. The van der Waals surface area contributed by atoms with Gasteiger partial charge in [-0.05, 0) is 33.0 Å². The lowest BCUT2D eigenvalue weighted by atomic mass is 9.61. The quantitative estimate of drug-likeness (QED) is 0.667. The van der Waals surface area contributed by atoms with Crippen molar-refractivity contribution in [3.05, 3.63) is 82.9 Å². The molecule has 6 rings (SSSR count). The third-order valence-corrected chi connectivity index (χ3v) is 5.32. The van der Waals surface area contributed by atoms with E-state index in [1.807, 2.05) is 24.3 Å². The van der Waals surface area contributed by atoms with Crippen molar-refractivity contribution in [3.8, 4) is 0 Å². The fourth-order valence-electron chi connectivity index (χ4n) is 4.36. The number of aliphatic hydroxyl groups is 2. The summed E-state index contributed by atoms with van der Waals surface area (Å²) < 4.78 is 0. The van der Waals surface area contributed by atoms with Crippen molar-refractivity contribution in [3.63, 3.8) is 0 Å². The Morgan fingerprint density at radius 2 is 0.955 bits per heavy atom. The van der Waals surface area contributed by atoms with Gasteiger partial charge in [0.05, 0.1) is 12.2 Å². The van der Waals surface area contributed by atoms with Crippen LogP contribution in [0.1, 0.15) is 34.1 Å². The van der Waals surface area contributed by atoms with Gasteiger partial charge in [-0.2, -0.15) is 0 Å². The Kier molecular flexibility index (Phi) is 2.36. The molecule has 0 radical (unpaired) electrons. The summed E-state index contributed by atoms with van der Waals surface area (Å²) in [5.41, 5.74) is 4.65. The van der Waals surface area contributed by atoms with Crippen molar-refractivity contribution >= 4 is 10.8 Å². The lowest BCUT2D eigenvalue weighted by Gasteiger charge is -2.46. The molecule has 2 nitrogen and oxygen atoms in total. The second-order valence-electron chi connectivity index (χ2n) is 6.39. The molecule has 2 bridgehead atoms. The molecule has 3 aliphatic rings. The Balaban J connectivity index is 1.87. The molecule has 108 valence electrons. The molecule has 2 heteroatoms. The second kappa shape index (κ2) is 4.19. The van der Waals surface area contributed by atoms with Gasteiger partial charge in [-0.25, -0.2) is 0 Å². The largest absolute Gasteiger partial charge is 0.389 e. The molecule has 0 fully saturated rings. The molecule has 0 saturated heterocycles. The first-order valence-corrected chi connectivity index (χ1v) is 7.73. The van der Waals surface area contributed by atoms with E-state index in [4.69, 9.17) is 0 Å². The van der Waals surface area contributed by atoms with Gasteiger partial charge in [0.2, 0.25) is 0 Å². The zero-order chi connectivity index (χ0) is 14.8. The predicted octanol–water partition coefficient (Wildman–Crippen LogP) is 3.15. The van der Waals surface area contributed by atoms with Gasteiger partial charge in [0.1, 0.15) is 0 Å². The third-order valence-electron chi connectivity index (χ3n) is 5.32. The molecule has 0 saturated carbocycles. The summed E-state index contributed by atoms with van der Waals surface area (Å²) in [4.78, 5) is 0. The molecule has 4 atom stereocenters. The highest BCUT2D eigenvalue weighted by Gasteiger charge is 2.48. The normalized spacial score (nSPS) is 28.5. The minimum absolute atomic E-state index is 0.129. The molecular formula is C20H16O2. The van der Waals surface area contributed by atoms with E-state index in [1.54, 1.807) is 0 Å². The monoisotopic (exact) mass is 288 g/mol. The lowest BCUT2D eigenvalue weighted by molar-refractivity contribution is -0.0153. The van der Waals surface area contributed by atoms with Crippen LogP contribution in [-0.4, -0.2) is 22.4 Å². The highest BCUT2D eigenvalue weighted by Crippen LogP contribution is 2.53. The maximum absolute atomic E-state index is 10.6. The first kappa shape index (κ1) is 12.4. The molecule has 0 heterocycles. The summed E-state index contributed by atoms with van der Waals surface area (Å²) in [6.45, 7) is 0. The number of fused-ring (bicyclic) bond motifs is 2. The Bertz CT molecular complexity index is 826. The highest BCUT2D eigenvalue weighted by atomic mass is 16.3.